The molecule has 3 N–H and O–H groups in total. The van der Waals surface area contributed by atoms with Crippen LogP contribution in [0.3, 0.4) is 0 Å². The van der Waals surface area contributed by atoms with Crippen molar-refractivity contribution in [2.45, 2.75) is 30.7 Å². The average molecular weight is 361 g/mol. The van der Waals surface area contributed by atoms with Crippen LogP contribution in [-0.2, 0) is 10.2 Å². The van der Waals surface area contributed by atoms with Crippen molar-refractivity contribution in [2.75, 3.05) is 13.2 Å². The van der Waals surface area contributed by atoms with Crippen molar-refractivity contribution in [2.24, 2.45) is 4.99 Å². The average Bonchev–Trinajstić information content (AvgIpc) is 2.95. The summed E-state index contributed by atoms with van der Waals surface area (Å²) in [6.45, 7) is 1.29. The third-order valence-electron chi connectivity index (χ3n) is 5.03. The first kappa shape index (κ1) is 16.2. The van der Waals surface area contributed by atoms with Crippen LogP contribution in [0.5, 0.6) is 0 Å². The topological polar surface area (TPSA) is 99.1 Å². The second kappa shape index (κ2) is 6.24. The van der Waals surface area contributed by atoms with Crippen LogP contribution in [0.4, 0.5) is 0 Å². The zero-order chi connectivity index (χ0) is 17.4. The molecule has 1 saturated heterocycles. The Balaban J connectivity index is 1.57. The van der Waals surface area contributed by atoms with Crippen LogP contribution in [0, 0.1) is 5.41 Å². The molecular formula is C17H19ClN5O2+. The Bertz CT molecular complexity index is 822. The third kappa shape index (κ3) is 2.83. The number of aliphatic imine (C=N–C) groups is 1. The van der Waals surface area contributed by atoms with Crippen molar-refractivity contribution < 1.29 is 9.84 Å². The predicted molar refractivity (Wildman–Crippen MR) is 94.7 cm³/mol. The molecule has 2 aromatic rings. The molecule has 0 atom stereocenters. The van der Waals surface area contributed by atoms with Crippen molar-refractivity contribution in [1.29, 1.82) is 5.41 Å². The maximum atomic E-state index is 8.49. The zero-order valence-corrected chi connectivity index (χ0v) is 14.3. The number of rotatable bonds is 4. The Hall–Kier alpha value is -2.25. The molecule has 3 heterocycles. The second-order valence-electron chi connectivity index (χ2n) is 6.51. The standard InChI is InChI=1S/C17H18ClN5O2/c18-14-3-2-12(7-20-14)17(4-1-5-17)16(19)22-15(24)11-6-21-23(8-11)13-9-25-10-13/h2-3,6-8,13H,1,4-5,9-10H2,(H2,19,22,24)/p+1. The molecule has 4 rings (SSSR count). The van der Waals surface area contributed by atoms with Gasteiger partial charge in [0.2, 0.25) is 0 Å². The van der Waals surface area contributed by atoms with E-state index in [0.717, 1.165) is 24.8 Å². The lowest BCUT2D eigenvalue weighted by Gasteiger charge is -2.40. The van der Waals surface area contributed by atoms with Gasteiger partial charge < -0.3 is 9.84 Å². The lowest BCUT2D eigenvalue weighted by Crippen LogP contribution is -2.41. The molecule has 0 unspecified atom stereocenters. The van der Waals surface area contributed by atoms with Crippen molar-refractivity contribution in [3.05, 3.63) is 47.0 Å². The van der Waals surface area contributed by atoms with E-state index >= 15 is 0 Å². The van der Waals surface area contributed by atoms with E-state index in [1.165, 1.54) is 0 Å². The third-order valence-corrected chi connectivity index (χ3v) is 5.26. The van der Waals surface area contributed by atoms with Gasteiger partial charge in [-0.3, -0.25) is 10.1 Å². The van der Waals surface area contributed by atoms with E-state index in [9.17, 15) is 0 Å². The van der Waals surface area contributed by atoms with E-state index in [0.29, 0.717) is 23.9 Å². The molecule has 2 aliphatic rings. The van der Waals surface area contributed by atoms with Gasteiger partial charge in [0.1, 0.15) is 16.6 Å². The molecule has 8 heteroatoms. The maximum absolute atomic E-state index is 8.49. The summed E-state index contributed by atoms with van der Waals surface area (Å²) >= 11 is 5.87. The molecule has 1 saturated carbocycles. The van der Waals surface area contributed by atoms with Crippen molar-refractivity contribution >= 4 is 23.3 Å². The summed E-state index contributed by atoms with van der Waals surface area (Å²) in [5.41, 5.74) is 1.09. The van der Waals surface area contributed by atoms with E-state index in [1.54, 1.807) is 29.3 Å². The van der Waals surface area contributed by atoms with Gasteiger partial charge in [-0.1, -0.05) is 24.1 Å². The van der Waals surface area contributed by atoms with Gasteiger partial charge in [0.25, 0.3) is 0 Å². The smallest absolute Gasteiger partial charge is 0.369 e. The van der Waals surface area contributed by atoms with Gasteiger partial charge in [-0.2, -0.15) is 5.10 Å². The molecule has 0 bridgehead atoms. The molecule has 7 nitrogen and oxygen atoms in total. The largest absolute Gasteiger partial charge is 0.578 e. The van der Waals surface area contributed by atoms with Gasteiger partial charge in [-0.05, 0) is 24.5 Å². The molecule has 0 aromatic carbocycles. The van der Waals surface area contributed by atoms with Crippen LogP contribution in [0.25, 0.3) is 0 Å². The quantitative estimate of drug-likeness (QED) is 0.391. The number of pyridine rings is 1. The highest BCUT2D eigenvalue weighted by molar-refractivity contribution is 6.29. The molecule has 1 aliphatic carbocycles. The molecule has 1 aliphatic heterocycles. The van der Waals surface area contributed by atoms with Gasteiger partial charge in [0.05, 0.1) is 30.9 Å². The summed E-state index contributed by atoms with van der Waals surface area (Å²) in [4.78, 5) is 8.41. The van der Waals surface area contributed by atoms with Crippen molar-refractivity contribution in [3.8, 4) is 0 Å². The fourth-order valence-electron chi connectivity index (χ4n) is 3.17. The molecule has 2 aromatic heterocycles. The Morgan fingerprint density at radius 2 is 2.16 bits per heavy atom. The zero-order valence-electron chi connectivity index (χ0n) is 13.6. The van der Waals surface area contributed by atoms with E-state index in [1.807, 2.05) is 6.07 Å². The highest BCUT2D eigenvalue weighted by Gasteiger charge is 2.44. The minimum absolute atomic E-state index is 0.0599. The van der Waals surface area contributed by atoms with E-state index < -0.39 is 5.41 Å². The van der Waals surface area contributed by atoms with E-state index in [-0.39, 0.29) is 17.8 Å². The molecule has 0 radical (unpaired) electrons. The van der Waals surface area contributed by atoms with Gasteiger partial charge >= 0.3 is 5.90 Å². The van der Waals surface area contributed by atoms with Gasteiger partial charge in [-0.15, -0.1) is 4.99 Å². The van der Waals surface area contributed by atoms with E-state index in [4.69, 9.17) is 26.9 Å². The van der Waals surface area contributed by atoms with Crippen LogP contribution >= 0.6 is 11.6 Å². The summed E-state index contributed by atoms with van der Waals surface area (Å²) in [7, 11) is 0. The summed E-state index contributed by atoms with van der Waals surface area (Å²) in [5.74, 6) is 0.261. The Morgan fingerprint density at radius 1 is 1.36 bits per heavy atom. The number of aromatic nitrogens is 3. The first-order valence-electron chi connectivity index (χ1n) is 8.22. The van der Waals surface area contributed by atoms with Crippen molar-refractivity contribution in [3.63, 3.8) is 0 Å². The summed E-state index contributed by atoms with van der Waals surface area (Å²) in [6.07, 6.45) is 7.84. The lowest BCUT2D eigenvalue weighted by atomic mass is 9.64. The SMILES string of the molecule is N=C(N=C([OH2+])c1cnn(C2COC2)c1)C1(c2ccc(Cl)nc2)CCC1. The maximum Gasteiger partial charge on any atom is 0.369 e. The molecular weight excluding hydrogens is 342 g/mol. The first-order valence-corrected chi connectivity index (χ1v) is 8.60. The number of hydrogen-bond donors (Lipinski definition) is 1. The summed E-state index contributed by atoms with van der Waals surface area (Å²) in [5, 5.41) is 21.4. The minimum atomic E-state index is -0.457. The number of hydrogen-bond acceptors (Lipinski definition) is 4. The number of ether oxygens (including phenoxy) is 1. The number of nitrogens with one attached hydrogen (secondary N) is 1. The number of amidine groups is 1. The van der Waals surface area contributed by atoms with E-state index in [2.05, 4.69) is 15.1 Å². The monoisotopic (exact) mass is 360 g/mol. The van der Waals surface area contributed by atoms with Gasteiger partial charge in [0.15, 0.2) is 0 Å². The van der Waals surface area contributed by atoms with Crippen LogP contribution < -0.4 is 0 Å². The summed E-state index contributed by atoms with van der Waals surface area (Å²) in [6, 6.07) is 3.87. The van der Waals surface area contributed by atoms with Crippen LogP contribution in [0.15, 0.2) is 35.7 Å². The lowest BCUT2D eigenvalue weighted by molar-refractivity contribution is -0.0286. The van der Waals surface area contributed by atoms with Crippen LogP contribution in [0.2, 0.25) is 5.15 Å². The summed E-state index contributed by atoms with van der Waals surface area (Å²) < 4.78 is 6.96. The minimum Gasteiger partial charge on any atom is -0.578 e. The highest BCUT2D eigenvalue weighted by Crippen LogP contribution is 2.45. The fraction of sp³-hybridized carbons (Fsp3) is 0.412. The van der Waals surface area contributed by atoms with Crippen molar-refractivity contribution in [1.82, 2.24) is 14.8 Å². The molecule has 2 fully saturated rings. The molecule has 0 amide bonds. The molecule has 130 valence electrons. The Kier molecular flexibility index (Phi) is 4.05. The predicted octanol–water partition coefficient (Wildman–Crippen LogP) is 2.07. The number of nitrogens with zero attached hydrogens (tertiary/aromatic N) is 4. The fourth-order valence-corrected chi connectivity index (χ4v) is 3.28. The normalized spacial score (nSPS) is 20.0. The van der Waals surface area contributed by atoms with Gasteiger partial charge in [-0.25, -0.2) is 4.98 Å². The van der Waals surface area contributed by atoms with Gasteiger partial charge in [0, 0.05) is 12.4 Å². The highest BCUT2D eigenvalue weighted by atomic mass is 35.5. The second-order valence-corrected chi connectivity index (χ2v) is 6.90. The van der Waals surface area contributed by atoms with Crippen LogP contribution in [-0.4, -0.2) is 44.8 Å². The van der Waals surface area contributed by atoms with Crippen LogP contribution in [0.1, 0.15) is 36.4 Å². The molecule has 25 heavy (non-hydrogen) atoms. The Labute approximate surface area is 149 Å². The molecule has 0 spiro atoms. The number of halogens is 1. The first-order chi connectivity index (χ1) is 12.1. The Morgan fingerprint density at radius 3 is 2.72 bits per heavy atom.